The van der Waals surface area contributed by atoms with Gasteiger partial charge < -0.3 is 9.88 Å². The standard InChI is InChI=1S/C19H23N5O3/c1-11-14(17(26)23-18(27)21-11)8-15(25)24-7-3-5-19(10-24)6-4-13-9-20-12(2)22-16(13)19/h9H,3-8,10H2,1-2H3,(H2,21,23,26,27). The first-order valence-electron chi connectivity index (χ1n) is 9.31. The molecule has 0 saturated carbocycles. The van der Waals surface area contributed by atoms with Gasteiger partial charge in [0.05, 0.1) is 12.1 Å². The Morgan fingerprint density at radius 3 is 2.85 bits per heavy atom. The summed E-state index contributed by atoms with van der Waals surface area (Å²) in [5, 5.41) is 0. The van der Waals surface area contributed by atoms with Gasteiger partial charge in [0, 0.05) is 36.0 Å². The number of aryl methyl sites for hydroxylation is 3. The zero-order chi connectivity index (χ0) is 19.2. The number of amides is 1. The molecule has 0 aromatic carbocycles. The van der Waals surface area contributed by atoms with Crippen LogP contribution in [0.2, 0.25) is 0 Å². The number of carbonyl (C=O) groups excluding carboxylic acids is 1. The van der Waals surface area contributed by atoms with Gasteiger partial charge in [-0.25, -0.2) is 14.8 Å². The minimum absolute atomic E-state index is 0.0102. The highest BCUT2D eigenvalue weighted by atomic mass is 16.2. The lowest BCUT2D eigenvalue weighted by Crippen LogP contribution is -2.48. The van der Waals surface area contributed by atoms with Crippen LogP contribution >= 0.6 is 0 Å². The Kier molecular flexibility index (Phi) is 4.20. The van der Waals surface area contributed by atoms with Gasteiger partial charge in [0.15, 0.2) is 0 Å². The van der Waals surface area contributed by atoms with E-state index in [0.29, 0.717) is 24.3 Å². The molecule has 8 heteroatoms. The second-order valence-corrected chi connectivity index (χ2v) is 7.68. The molecule has 8 nitrogen and oxygen atoms in total. The maximum atomic E-state index is 12.9. The van der Waals surface area contributed by atoms with E-state index in [1.54, 1.807) is 6.92 Å². The lowest BCUT2D eigenvalue weighted by molar-refractivity contribution is -0.132. The van der Waals surface area contributed by atoms with Gasteiger partial charge >= 0.3 is 5.69 Å². The van der Waals surface area contributed by atoms with Crippen LogP contribution in [-0.2, 0) is 23.1 Å². The molecule has 2 aromatic heterocycles. The second kappa shape index (κ2) is 6.44. The van der Waals surface area contributed by atoms with Gasteiger partial charge in [-0.1, -0.05) is 0 Å². The Hall–Kier alpha value is -2.77. The molecule has 142 valence electrons. The molecular weight excluding hydrogens is 346 g/mol. The predicted octanol–water partition coefficient (Wildman–Crippen LogP) is 0.519. The number of aromatic nitrogens is 4. The summed E-state index contributed by atoms with van der Waals surface area (Å²) in [6.07, 6.45) is 5.74. The van der Waals surface area contributed by atoms with Crippen molar-refractivity contribution in [2.45, 2.75) is 51.4 Å². The van der Waals surface area contributed by atoms with E-state index < -0.39 is 11.2 Å². The Labute approximate surface area is 156 Å². The molecule has 1 amide bonds. The number of hydrogen-bond donors (Lipinski definition) is 2. The zero-order valence-corrected chi connectivity index (χ0v) is 15.6. The van der Waals surface area contributed by atoms with Gasteiger partial charge in [-0.3, -0.25) is 14.6 Å². The van der Waals surface area contributed by atoms with Crippen molar-refractivity contribution >= 4 is 5.91 Å². The number of hydrogen-bond acceptors (Lipinski definition) is 5. The van der Waals surface area contributed by atoms with Crippen LogP contribution in [0, 0.1) is 13.8 Å². The van der Waals surface area contributed by atoms with Crippen LogP contribution in [0.1, 0.15) is 47.6 Å². The minimum Gasteiger partial charge on any atom is -0.341 e. The molecule has 1 spiro atoms. The second-order valence-electron chi connectivity index (χ2n) is 7.68. The van der Waals surface area contributed by atoms with Crippen LogP contribution in [0.4, 0.5) is 0 Å². The quantitative estimate of drug-likeness (QED) is 0.801. The fourth-order valence-corrected chi connectivity index (χ4v) is 4.47. The third kappa shape index (κ3) is 3.09. The van der Waals surface area contributed by atoms with Gasteiger partial charge in [-0.2, -0.15) is 0 Å². The maximum absolute atomic E-state index is 12.9. The summed E-state index contributed by atoms with van der Waals surface area (Å²) in [4.78, 5) is 52.0. The lowest BCUT2D eigenvalue weighted by atomic mass is 9.77. The summed E-state index contributed by atoms with van der Waals surface area (Å²) in [7, 11) is 0. The smallest absolute Gasteiger partial charge is 0.325 e. The van der Waals surface area contributed by atoms with Crippen LogP contribution in [0.3, 0.4) is 0 Å². The number of piperidine rings is 1. The molecule has 1 aliphatic carbocycles. The molecule has 1 atom stereocenters. The number of nitrogens with one attached hydrogen (secondary N) is 2. The van der Waals surface area contributed by atoms with Crippen LogP contribution in [-0.4, -0.2) is 43.8 Å². The Morgan fingerprint density at radius 1 is 1.26 bits per heavy atom. The van der Waals surface area contributed by atoms with Gasteiger partial charge in [-0.15, -0.1) is 0 Å². The number of carbonyl (C=O) groups is 1. The first-order chi connectivity index (χ1) is 12.9. The molecule has 27 heavy (non-hydrogen) atoms. The van der Waals surface area contributed by atoms with Crippen LogP contribution in [0.25, 0.3) is 0 Å². The van der Waals surface area contributed by atoms with E-state index in [2.05, 4.69) is 15.0 Å². The molecule has 0 radical (unpaired) electrons. The summed E-state index contributed by atoms with van der Waals surface area (Å²) in [6, 6.07) is 0. The summed E-state index contributed by atoms with van der Waals surface area (Å²) >= 11 is 0. The monoisotopic (exact) mass is 369 g/mol. The van der Waals surface area contributed by atoms with E-state index in [1.165, 1.54) is 5.56 Å². The maximum Gasteiger partial charge on any atom is 0.325 e. The SMILES string of the molecule is Cc1ncc2c(n1)C1(CCCN(C(=O)Cc3c(C)[nH]c(=O)[nH]c3=O)C1)CC2. The third-order valence-corrected chi connectivity index (χ3v) is 5.87. The Balaban J connectivity index is 1.58. The average Bonchev–Trinajstić information content (AvgIpc) is 2.95. The van der Waals surface area contributed by atoms with Crippen LogP contribution in [0.15, 0.2) is 15.8 Å². The number of H-pyrrole nitrogens is 2. The summed E-state index contributed by atoms with van der Waals surface area (Å²) < 4.78 is 0. The van der Waals surface area contributed by atoms with Crippen molar-refractivity contribution in [3.63, 3.8) is 0 Å². The van der Waals surface area contributed by atoms with Crippen LogP contribution < -0.4 is 11.2 Å². The average molecular weight is 369 g/mol. The van der Waals surface area contributed by atoms with Crippen molar-refractivity contribution < 1.29 is 4.79 Å². The van der Waals surface area contributed by atoms with Crippen molar-refractivity contribution in [3.05, 3.63) is 55.4 Å². The molecule has 1 fully saturated rings. The largest absolute Gasteiger partial charge is 0.341 e. The summed E-state index contributed by atoms with van der Waals surface area (Å²) in [5.41, 5.74) is 1.88. The molecule has 2 aliphatic rings. The van der Waals surface area contributed by atoms with E-state index >= 15 is 0 Å². The van der Waals surface area contributed by atoms with Gasteiger partial charge in [0.1, 0.15) is 5.82 Å². The predicted molar refractivity (Wildman–Crippen MR) is 98.7 cm³/mol. The Bertz CT molecular complexity index is 1020. The van der Waals surface area contributed by atoms with Gasteiger partial charge in [0.2, 0.25) is 5.91 Å². The topological polar surface area (TPSA) is 112 Å². The minimum atomic E-state index is -0.553. The summed E-state index contributed by atoms with van der Waals surface area (Å²) in [6.45, 7) is 4.84. The molecule has 2 aromatic rings. The number of rotatable bonds is 2. The highest BCUT2D eigenvalue weighted by Crippen LogP contribution is 2.43. The van der Waals surface area contributed by atoms with Gasteiger partial charge in [-0.05, 0) is 45.1 Å². The molecule has 1 saturated heterocycles. The third-order valence-electron chi connectivity index (χ3n) is 5.87. The van der Waals surface area contributed by atoms with Crippen molar-refractivity contribution in [1.82, 2.24) is 24.8 Å². The number of likely N-dealkylation sites (tertiary alicyclic amines) is 1. The van der Waals surface area contributed by atoms with E-state index in [0.717, 1.165) is 37.2 Å². The first kappa shape index (κ1) is 17.6. The van der Waals surface area contributed by atoms with Crippen molar-refractivity contribution in [2.24, 2.45) is 0 Å². The first-order valence-corrected chi connectivity index (χ1v) is 9.31. The summed E-state index contributed by atoms with van der Waals surface area (Å²) in [5.74, 6) is 0.669. The lowest BCUT2D eigenvalue weighted by Gasteiger charge is -2.40. The Morgan fingerprint density at radius 2 is 2.07 bits per heavy atom. The molecule has 0 bridgehead atoms. The number of aromatic amines is 2. The number of nitrogens with zero attached hydrogens (tertiary/aromatic N) is 3. The van der Waals surface area contributed by atoms with Gasteiger partial charge in [0.25, 0.3) is 5.56 Å². The van der Waals surface area contributed by atoms with Crippen molar-refractivity contribution in [2.75, 3.05) is 13.1 Å². The van der Waals surface area contributed by atoms with E-state index in [4.69, 9.17) is 4.98 Å². The molecule has 1 unspecified atom stereocenters. The normalized spacial score (nSPS) is 21.5. The van der Waals surface area contributed by atoms with E-state index in [1.807, 2.05) is 18.0 Å². The van der Waals surface area contributed by atoms with E-state index in [9.17, 15) is 14.4 Å². The molecule has 1 aliphatic heterocycles. The molecular formula is C19H23N5O3. The highest BCUT2D eigenvalue weighted by Gasteiger charge is 2.44. The molecule has 3 heterocycles. The van der Waals surface area contributed by atoms with Crippen LogP contribution in [0.5, 0.6) is 0 Å². The number of fused-ring (bicyclic) bond motifs is 2. The van der Waals surface area contributed by atoms with Crippen molar-refractivity contribution in [1.29, 1.82) is 0 Å². The van der Waals surface area contributed by atoms with Crippen molar-refractivity contribution in [3.8, 4) is 0 Å². The van der Waals surface area contributed by atoms with E-state index in [-0.39, 0.29) is 17.7 Å². The highest BCUT2D eigenvalue weighted by molar-refractivity contribution is 5.79. The fourth-order valence-electron chi connectivity index (χ4n) is 4.47. The fraction of sp³-hybridized carbons (Fsp3) is 0.526. The molecule has 4 rings (SSSR count). The molecule has 2 N–H and O–H groups in total. The zero-order valence-electron chi connectivity index (χ0n) is 15.6.